The van der Waals surface area contributed by atoms with Crippen LogP contribution in [0.25, 0.3) is 0 Å². The van der Waals surface area contributed by atoms with Crippen molar-refractivity contribution < 1.29 is 44.4 Å². The van der Waals surface area contributed by atoms with Gasteiger partial charge in [-0.05, 0) is 39.0 Å². The normalized spacial score (nSPS) is 20.6. The number of nitrogens with zero attached hydrogens (tertiary/aromatic N) is 4. The molecule has 4 N–H and O–H groups in total. The minimum atomic E-state index is -1.04. The maximum atomic E-state index is 13.0. The van der Waals surface area contributed by atoms with Gasteiger partial charge < -0.3 is 20.4 Å². The first kappa shape index (κ1) is 39.4. The van der Waals surface area contributed by atoms with Crippen LogP contribution in [0.2, 0.25) is 0 Å². The van der Waals surface area contributed by atoms with Gasteiger partial charge in [-0.2, -0.15) is 0 Å². The summed E-state index contributed by atoms with van der Waals surface area (Å²) in [5.41, 5.74) is -1.22. The Morgan fingerprint density at radius 2 is 0.841 bits per heavy atom. The van der Waals surface area contributed by atoms with Crippen LogP contribution in [0.1, 0.15) is 75.2 Å². The van der Waals surface area contributed by atoms with Crippen LogP contribution < -0.4 is 0 Å². The van der Waals surface area contributed by atoms with E-state index >= 15 is 0 Å². The van der Waals surface area contributed by atoms with Gasteiger partial charge in [0, 0.05) is 63.7 Å². The topological polar surface area (TPSA) is 179 Å². The van der Waals surface area contributed by atoms with Gasteiger partial charge in [-0.1, -0.05) is 41.5 Å². The third kappa shape index (κ3) is 10.5. The van der Waals surface area contributed by atoms with Crippen molar-refractivity contribution in [2.24, 2.45) is 16.7 Å². The monoisotopic (exact) mass is 628 g/mol. The molecular formula is C31H56N4O9. The Hall–Kier alpha value is -2.61. The Kier molecular flexibility index (Phi) is 14.9. The molecule has 0 bridgehead atoms. The van der Waals surface area contributed by atoms with Crippen molar-refractivity contribution in [3.8, 4) is 0 Å². The smallest absolute Gasteiger partial charge is 0.320 e. The number of Topliss-reactive ketones (excluding diaryl/α,β-unsaturated/α-hetero) is 1. The quantitative estimate of drug-likeness (QED) is 0.220. The number of hydrogen-bond acceptors (Lipinski definition) is 9. The standard InChI is InChI=1S/C31H56N4O9/c1-20(2)25(36)31(8,9)30(6,7)11-10-24(29(43)44)35-18-16-33(22(4)27(39)40)14-12-32(21(3)26(37)38)13-15-34(17-19-35)23(5)28(41)42/h20-24H,10-19H2,1-9H3,(H,37,38)(H,39,40)(H,41,42)(H,43,44). The summed E-state index contributed by atoms with van der Waals surface area (Å²) in [6.45, 7) is 17.8. The number of aliphatic carboxylic acids is 4. The minimum Gasteiger partial charge on any atom is -0.480 e. The van der Waals surface area contributed by atoms with Crippen LogP contribution in [-0.2, 0) is 24.0 Å². The highest BCUT2D eigenvalue weighted by atomic mass is 16.4. The van der Waals surface area contributed by atoms with Crippen molar-refractivity contribution in [2.75, 3.05) is 52.4 Å². The van der Waals surface area contributed by atoms with Crippen molar-refractivity contribution in [2.45, 2.75) is 99.3 Å². The van der Waals surface area contributed by atoms with Gasteiger partial charge in [0.1, 0.15) is 30.0 Å². The predicted molar refractivity (Wildman–Crippen MR) is 166 cm³/mol. The highest BCUT2D eigenvalue weighted by molar-refractivity contribution is 5.86. The van der Waals surface area contributed by atoms with E-state index in [0.29, 0.717) is 6.42 Å². The van der Waals surface area contributed by atoms with Crippen LogP contribution in [0.4, 0.5) is 0 Å². The average Bonchev–Trinajstić information content (AvgIpc) is 2.92. The molecule has 0 radical (unpaired) electrons. The third-order valence-corrected chi connectivity index (χ3v) is 10.0. The van der Waals surface area contributed by atoms with E-state index in [9.17, 15) is 44.4 Å². The van der Waals surface area contributed by atoms with E-state index in [0.717, 1.165) is 0 Å². The Bertz CT molecular complexity index is 980. The SMILES string of the molecule is CC(C)C(=O)C(C)(C)C(C)(C)CCC(C(=O)O)N1CCN(C(C)C(=O)O)CCN(C(C)C(=O)O)CCN(C(C)C(=O)O)CC1. The Morgan fingerprint density at radius 3 is 1.09 bits per heavy atom. The summed E-state index contributed by atoms with van der Waals surface area (Å²) in [5.74, 6) is -4.24. The second-order valence-electron chi connectivity index (χ2n) is 13.6. The molecule has 0 aromatic carbocycles. The summed E-state index contributed by atoms with van der Waals surface area (Å²) in [5, 5.41) is 39.6. The highest BCUT2D eigenvalue weighted by Crippen LogP contribution is 2.44. The molecule has 1 fully saturated rings. The Morgan fingerprint density at radius 1 is 0.545 bits per heavy atom. The van der Waals surface area contributed by atoms with Gasteiger partial charge in [0.2, 0.25) is 0 Å². The van der Waals surface area contributed by atoms with E-state index < -0.39 is 58.9 Å². The molecule has 0 saturated carbocycles. The van der Waals surface area contributed by atoms with Crippen LogP contribution in [-0.4, -0.2) is 146 Å². The fourth-order valence-electron chi connectivity index (χ4n) is 5.74. The van der Waals surface area contributed by atoms with E-state index in [1.165, 1.54) is 0 Å². The zero-order valence-electron chi connectivity index (χ0n) is 28.1. The maximum Gasteiger partial charge on any atom is 0.320 e. The van der Waals surface area contributed by atoms with Crippen molar-refractivity contribution in [1.82, 2.24) is 19.6 Å². The summed E-state index contributed by atoms with van der Waals surface area (Å²) in [4.78, 5) is 68.4. The minimum absolute atomic E-state index is 0.101. The number of hydrogen-bond donors (Lipinski definition) is 4. The number of carboxylic acid groups (broad SMARTS) is 4. The fourth-order valence-corrected chi connectivity index (χ4v) is 5.74. The summed E-state index contributed by atoms with van der Waals surface area (Å²) >= 11 is 0. The molecule has 1 saturated heterocycles. The third-order valence-electron chi connectivity index (χ3n) is 10.0. The number of carbonyl (C=O) groups is 5. The second-order valence-corrected chi connectivity index (χ2v) is 13.6. The second kappa shape index (κ2) is 16.6. The van der Waals surface area contributed by atoms with Gasteiger partial charge in [0.05, 0.1) is 0 Å². The molecule has 1 rings (SSSR count). The summed E-state index contributed by atoms with van der Waals surface area (Å²) in [6, 6.07) is -3.61. The van der Waals surface area contributed by atoms with Crippen molar-refractivity contribution in [1.29, 1.82) is 0 Å². The zero-order chi connectivity index (χ0) is 34.2. The van der Waals surface area contributed by atoms with Gasteiger partial charge in [-0.3, -0.25) is 43.6 Å². The van der Waals surface area contributed by atoms with E-state index in [1.807, 2.05) is 41.5 Å². The van der Waals surface area contributed by atoms with Gasteiger partial charge >= 0.3 is 23.9 Å². The maximum absolute atomic E-state index is 13.0. The molecule has 0 amide bonds. The molecule has 0 aromatic rings. The number of ketones is 1. The first-order valence-electron chi connectivity index (χ1n) is 15.6. The van der Waals surface area contributed by atoms with Crippen molar-refractivity contribution >= 4 is 29.7 Å². The molecule has 13 heteroatoms. The lowest BCUT2D eigenvalue weighted by atomic mass is 9.61. The molecule has 1 heterocycles. The molecule has 4 atom stereocenters. The molecule has 13 nitrogen and oxygen atoms in total. The highest BCUT2D eigenvalue weighted by Gasteiger charge is 2.44. The van der Waals surface area contributed by atoms with E-state index in [-0.39, 0.29) is 70.5 Å². The molecular weight excluding hydrogens is 572 g/mol. The number of rotatable bonds is 14. The van der Waals surface area contributed by atoms with Crippen molar-refractivity contribution in [3.63, 3.8) is 0 Å². The molecule has 0 aliphatic carbocycles. The van der Waals surface area contributed by atoms with Crippen LogP contribution >= 0.6 is 0 Å². The molecule has 0 spiro atoms. The molecule has 254 valence electrons. The van der Waals surface area contributed by atoms with Crippen molar-refractivity contribution in [3.05, 3.63) is 0 Å². The van der Waals surface area contributed by atoms with E-state index in [1.54, 1.807) is 40.4 Å². The van der Waals surface area contributed by atoms with Crippen LogP contribution in [0.15, 0.2) is 0 Å². The van der Waals surface area contributed by atoms with Gasteiger partial charge in [-0.25, -0.2) is 0 Å². The summed E-state index contributed by atoms with van der Waals surface area (Å²) in [7, 11) is 0. The fraction of sp³-hybridized carbons (Fsp3) is 0.839. The average molecular weight is 629 g/mol. The number of carboxylic acids is 4. The first-order chi connectivity index (χ1) is 20.1. The van der Waals surface area contributed by atoms with E-state index in [4.69, 9.17) is 0 Å². The summed E-state index contributed by atoms with van der Waals surface area (Å²) in [6.07, 6.45) is 0.683. The lowest BCUT2D eigenvalue weighted by molar-refractivity contribution is -0.147. The predicted octanol–water partition coefficient (Wildman–Crippen LogP) is 2.14. The molecule has 1 aliphatic rings. The van der Waals surface area contributed by atoms with Gasteiger partial charge in [0.25, 0.3) is 0 Å². The number of carbonyl (C=O) groups excluding carboxylic acids is 1. The lowest BCUT2D eigenvalue weighted by Gasteiger charge is -2.43. The largest absolute Gasteiger partial charge is 0.480 e. The molecule has 1 aliphatic heterocycles. The van der Waals surface area contributed by atoms with Crippen LogP contribution in [0.3, 0.4) is 0 Å². The zero-order valence-corrected chi connectivity index (χ0v) is 28.1. The van der Waals surface area contributed by atoms with Crippen LogP contribution in [0, 0.1) is 16.7 Å². The van der Waals surface area contributed by atoms with E-state index in [2.05, 4.69) is 0 Å². The first-order valence-corrected chi connectivity index (χ1v) is 15.6. The molecule has 44 heavy (non-hydrogen) atoms. The Balaban J connectivity index is 3.44. The van der Waals surface area contributed by atoms with Crippen LogP contribution in [0.5, 0.6) is 0 Å². The van der Waals surface area contributed by atoms with Gasteiger partial charge in [0.15, 0.2) is 0 Å². The molecule has 0 aromatic heterocycles. The lowest BCUT2D eigenvalue weighted by Crippen LogP contribution is -2.55. The summed E-state index contributed by atoms with van der Waals surface area (Å²) < 4.78 is 0. The van der Waals surface area contributed by atoms with Gasteiger partial charge in [-0.15, -0.1) is 0 Å². The Labute approximate surface area is 262 Å². The molecule has 4 unspecified atom stereocenters.